The Labute approximate surface area is 153 Å². The molecule has 1 atom stereocenters. The standard InChI is InChI=1S/C18H21N2O2.HI/c1-14-19(2)17-10-6-7-11-18(17)20(14)12-15(21)13-22-16-8-4-3-5-9-16;/h3-11,15,21H,12-13H2,1-2H3;1H/q+1;/p-1. The van der Waals surface area contributed by atoms with Crippen molar-refractivity contribution in [1.29, 1.82) is 0 Å². The average molecular weight is 424 g/mol. The number of halogens is 1. The van der Waals surface area contributed by atoms with Crippen molar-refractivity contribution in [3.63, 3.8) is 0 Å². The third-order valence-corrected chi connectivity index (χ3v) is 3.99. The monoisotopic (exact) mass is 424 g/mol. The van der Waals surface area contributed by atoms with Crippen molar-refractivity contribution in [2.75, 3.05) is 6.61 Å². The first kappa shape index (κ1) is 17.7. The number of benzene rings is 2. The summed E-state index contributed by atoms with van der Waals surface area (Å²) < 4.78 is 9.90. The summed E-state index contributed by atoms with van der Waals surface area (Å²) in [6.45, 7) is 2.85. The minimum Gasteiger partial charge on any atom is -1.00 e. The highest BCUT2D eigenvalue weighted by molar-refractivity contribution is 5.72. The first-order valence-electron chi connectivity index (χ1n) is 7.46. The molecule has 3 rings (SSSR count). The number of aromatic nitrogens is 2. The van der Waals surface area contributed by atoms with Gasteiger partial charge >= 0.3 is 0 Å². The molecular formula is C18H21IN2O2. The molecule has 5 heteroatoms. The Bertz CT molecular complexity index is 771. The van der Waals surface area contributed by atoms with Crippen LogP contribution in [0.1, 0.15) is 5.82 Å². The molecule has 3 aromatic rings. The van der Waals surface area contributed by atoms with Gasteiger partial charge in [0.15, 0.2) is 11.0 Å². The molecule has 2 aromatic carbocycles. The van der Waals surface area contributed by atoms with E-state index in [-0.39, 0.29) is 30.6 Å². The molecule has 122 valence electrons. The lowest BCUT2D eigenvalue weighted by Crippen LogP contribution is -3.00. The fourth-order valence-electron chi connectivity index (χ4n) is 2.71. The fourth-order valence-corrected chi connectivity index (χ4v) is 2.71. The molecule has 0 aliphatic rings. The van der Waals surface area contributed by atoms with Crippen LogP contribution in [-0.4, -0.2) is 22.4 Å². The molecule has 0 amide bonds. The Balaban J connectivity index is 0.00000192. The maximum Gasteiger partial charge on any atom is 0.254 e. The number of hydrogen-bond donors (Lipinski definition) is 1. The highest BCUT2D eigenvalue weighted by atomic mass is 127. The van der Waals surface area contributed by atoms with Crippen molar-refractivity contribution in [2.45, 2.75) is 19.6 Å². The van der Waals surface area contributed by atoms with Crippen LogP contribution in [0.4, 0.5) is 0 Å². The number of ether oxygens (including phenoxy) is 1. The van der Waals surface area contributed by atoms with E-state index in [1.54, 1.807) is 0 Å². The molecule has 0 saturated heterocycles. The third kappa shape index (κ3) is 3.84. The van der Waals surface area contributed by atoms with Crippen LogP contribution >= 0.6 is 0 Å². The van der Waals surface area contributed by atoms with Gasteiger partial charge in [-0.15, -0.1) is 0 Å². The van der Waals surface area contributed by atoms with Gasteiger partial charge in [0, 0.05) is 6.92 Å². The SMILES string of the molecule is Cc1n(CC(O)COc2ccccc2)c2ccccc2[n+]1C.[I-]. The number of fused-ring (bicyclic) bond motifs is 1. The molecule has 4 nitrogen and oxygen atoms in total. The Morgan fingerprint density at radius 2 is 1.74 bits per heavy atom. The highest BCUT2D eigenvalue weighted by Gasteiger charge is 2.21. The van der Waals surface area contributed by atoms with Gasteiger partial charge in [-0.25, -0.2) is 9.13 Å². The lowest BCUT2D eigenvalue weighted by molar-refractivity contribution is -0.652. The molecule has 0 fully saturated rings. The van der Waals surface area contributed by atoms with Crippen molar-refractivity contribution in [3.05, 3.63) is 60.4 Å². The Hall–Kier alpha value is -1.60. The van der Waals surface area contributed by atoms with Crippen molar-refractivity contribution >= 4 is 11.0 Å². The minimum atomic E-state index is -0.560. The summed E-state index contributed by atoms with van der Waals surface area (Å²) in [7, 11) is 2.04. The summed E-state index contributed by atoms with van der Waals surface area (Å²) >= 11 is 0. The van der Waals surface area contributed by atoms with Crippen molar-refractivity contribution in [1.82, 2.24) is 4.57 Å². The first-order valence-corrected chi connectivity index (χ1v) is 7.46. The molecular weight excluding hydrogens is 403 g/mol. The molecule has 0 saturated carbocycles. The van der Waals surface area contributed by atoms with Gasteiger partial charge in [-0.2, -0.15) is 0 Å². The minimum absolute atomic E-state index is 0. The number of para-hydroxylation sites is 3. The lowest BCUT2D eigenvalue weighted by Gasteiger charge is -2.11. The van der Waals surface area contributed by atoms with Gasteiger partial charge in [-0.3, -0.25) is 0 Å². The Morgan fingerprint density at radius 3 is 2.48 bits per heavy atom. The van der Waals surface area contributed by atoms with Gasteiger partial charge in [-0.1, -0.05) is 30.3 Å². The number of rotatable bonds is 5. The maximum absolute atomic E-state index is 10.3. The number of nitrogens with zero attached hydrogens (tertiary/aromatic N) is 2. The summed E-state index contributed by atoms with van der Waals surface area (Å²) in [5.41, 5.74) is 2.29. The second kappa shape index (κ2) is 7.79. The van der Waals surface area contributed by atoms with Gasteiger partial charge in [0.25, 0.3) is 5.82 Å². The zero-order chi connectivity index (χ0) is 15.5. The van der Waals surface area contributed by atoms with Crippen LogP contribution in [0.25, 0.3) is 11.0 Å². The summed E-state index contributed by atoms with van der Waals surface area (Å²) in [6, 6.07) is 17.8. The summed E-state index contributed by atoms with van der Waals surface area (Å²) in [5, 5.41) is 10.3. The number of hydrogen-bond acceptors (Lipinski definition) is 2. The highest BCUT2D eigenvalue weighted by Crippen LogP contribution is 2.15. The smallest absolute Gasteiger partial charge is 0.254 e. The molecule has 1 aromatic heterocycles. The molecule has 1 heterocycles. The van der Waals surface area contributed by atoms with Crippen molar-refractivity contribution < 1.29 is 38.4 Å². The van der Waals surface area contributed by atoms with Crippen LogP contribution in [0.5, 0.6) is 5.75 Å². The zero-order valence-corrected chi connectivity index (χ0v) is 15.5. The van der Waals surface area contributed by atoms with Crippen molar-refractivity contribution in [3.8, 4) is 5.75 Å². The molecule has 0 bridgehead atoms. The van der Waals surface area contributed by atoms with E-state index < -0.39 is 6.10 Å². The zero-order valence-electron chi connectivity index (χ0n) is 13.3. The molecule has 0 radical (unpaired) electrons. The van der Waals surface area contributed by atoms with Crippen LogP contribution in [-0.2, 0) is 13.6 Å². The van der Waals surface area contributed by atoms with Crippen LogP contribution in [0.15, 0.2) is 54.6 Å². The molecule has 0 aliphatic heterocycles. The molecule has 0 spiro atoms. The van der Waals surface area contributed by atoms with E-state index in [1.165, 1.54) is 0 Å². The Kier molecular flexibility index (Phi) is 6.01. The lowest BCUT2D eigenvalue weighted by atomic mass is 10.3. The van der Waals surface area contributed by atoms with Gasteiger partial charge in [-0.05, 0) is 24.3 Å². The first-order chi connectivity index (χ1) is 10.7. The van der Waals surface area contributed by atoms with Gasteiger partial charge in [0.2, 0.25) is 0 Å². The number of aryl methyl sites for hydroxylation is 1. The van der Waals surface area contributed by atoms with Gasteiger partial charge < -0.3 is 33.8 Å². The van der Waals surface area contributed by atoms with E-state index in [4.69, 9.17) is 4.74 Å². The normalized spacial score (nSPS) is 12.0. The van der Waals surface area contributed by atoms with E-state index >= 15 is 0 Å². The molecule has 23 heavy (non-hydrogen) atoms. The maximum atomic E-state index is 10.3. The summed E-state index contributed by atoms with van der Waals surface area (Å²) in [5.74, 6) is 1.89. The second-order valence-corrected chi connectivity index (χ2v) is 5.48. The summed E-state index contributed by atoms with van der Waals surface area (Å²) in [6.07, 6.45) is -0.560. The van der Waals surface area contributed by atoms with E-state index in [0.717, 1.165) is 22.6 Å². The predicted octanol–water partition coefficient (Wildman–Crippen LogP) is -0.782. The topological polar surface area (TPSA) is 38.3 Å². The average Bonchev–Trinajstić information content (AvgIpc) is 2.79. The predicted molar refractivity (Wildman–Crippen MR) is 85.8 cm³/mol. The van der Waals surface area contributed by atoms with E-state index in [1.807, 2.05) is 49.5 Å². The Morgan fingerprint density at radius 1 is 1.09 bits per heavy atom. The van der Waals surface area contributed by atoms with Gasteiger partial charge in [0.05, 0.1) is 7.05 Å². The van der Waals surface area contributed by atoms with Crippen LogP contribution < -0.4 is 33.3 Å². The fraction of sp³-hybridized carbons (Fsp3) is 0.278. The molecule has 1 unspecified atom stereocenters. The number of aliphatic hydroxyl groups excluding tert-OH is 1. The van der Waals surface area contributed by atoms with Crippen LogP contribution in [0.2, 0.25) is 0 Å². The van der Waals surface area contributed by atoms with Crippen LogP contribution in [0, 0.1) is 6.92 Å². The number of imidazole rings is 1. The van der Waals surface area contributed by atoms with Crippen molar-refractivity contribution in [2.24, 2.45) is 7.05 Å². The van der Waals surface area contributed by atoms with Crippen LogP contribution in [0.3, 0.4) is 0 Å². The molecule has 1 N–H and O–H groups in total. The van der Waals surface area contributed by atoms with E-state index in [2.05, 4.69) is 28.2 Å². The number of aliphatic hydroxyl groups is 1. The largest absolute Gasteiger partial charge is 1.00 e. The third-order valence-electron chi connectivity index (χ3n) is 3.99. The molecule has 0 aliphatic carbocycles. The van der Waals surface area contributed by atoms with E-state index in [9.17, 15) is 5.11 Å². The summed E-state index contributed by atoms with van der Waals surface area (Å²) in [4.78, 5) is 0. The second-order valence-electron chi connectivity index (χ2n) is 5.48. The van der Waals surface area contributed by atoms with Gasteiger partial charge in [0.1, 0.15) is 25.0 Å². The van der Waals surface area contributed by atoms with E-state index in [0.29, 0.717) is 6.54 Å². The quantitative estimate of drug-likeness (QED) is 0.431.